The second-order valence-electron chi connectivity index (χ2n) is 9.58. The Morgan fingerprint density at radius 2 is 1.61 bits per heavy atom. The van der Waals surface area contributed by atoms with Crippen LogP contribution in [-0.2, 0) is 14.3 Å². The average molecular weight is 451 g/mol. The van der Waals surface area contributed by atoms with Crippen LogP contribution in [0.2, 0.25) is 0 Å². The first-order valence-electron chi connectivity index (χ1n) is 11.4. The zero-order chi connectivity index (χ0) is 23.6. The molecule has 7 nitrogen and oxygen atoms in total. The Hall–Kier alpha value is -3.35. The fraction of sp³-hybridized carbons (Fsp3) is 0.423. The molecule has 2 aromatic rings. The van der Waals surface area contributed by atoms with Crippen molar-refractivity contribution in [3.05, 3.63) is 59.7 Å². The maximum Gasteiger partial charge on any atom is 0.407 e. The summed E-state index contributed by atoms with van der Waals surface area (Å²) in [6.07, 6.45) is 1.18. The number of amides is 2. The second-order valence-corrected chi connectivity index (χ2v) is 9.58. The molecular formula is C26H30N2O5. The highest BCUT2D eigenvalue weighted by Crippen LogP contribution is 2.44. The SMILES string of the molecule is CC(C)(CNC(=O)OCC1c2ccccc2-c2ccccc21)C(=O)NC(CC(=O)O)C1CC1. The zero-order valence-electron chi connectivity index (χ0n) is 19.0. The highest BCUT2D eigenvalue weighted by atomic mass is 16.5. The minimum atomic E-state index is -0.929. The van der Waals surface area contributed by atoms with Gasteiger partial charge in [0.2, 0.25) is 5.91 Å². The number of carbonyl (C=O) groups excluding carboxylic acids is 2. The zero-order valence-corrected chi connectivity index (χ0v) is 19.0. The predicted molar refractivity (Wildman–Crippen MR) is 124 cm³/mol. The molecule has 174 valence electrons. The van der Waals surface area contributed by atoms with Gasteiger partial charge in [-0.1, -0.05) is 48.5 Å². The Morgan fingerprint density at radius 1 is 1.03 bits per heavy atom. The summed E-state index contributed by atoms with van der Waals surface area (Å²) in [4.78, 5) is 36.3. The molecule has 2 aliphatic rings. The van der Waals surface area contributed by atoms with Gasteiger partial charge in [0.25, 0.3) is 0 Å². The van der Waals surface area contributed by atoms with Gasteiger partial charge in [0.1, 0.15) is 6.61 Å². The Bertz CT molecular complexity index is 1010. The van der Waals surface area contributed by atoms with Gasteiger partial charge in [-0.2, -0.15) is 0 Å². The molecule has 0 aliphatic heterocycles. The van der Waals surface area contributed by atoms with Crippen LogP contribution in [0.15, 0.2) is 48.5 Å². The molecule has 4 rings (SSSR count). The van der Waals surface area contributed by atoms with Gasteiger partial charge in [-0.05, 0) is 54.9 Å². The molecule has 7 heteroatoms. The first-order chi connectivity index (χ1) is 15.8. The molecule has 0 heterocycles. The quantitative estimate of drug-likeness (QED) is 0.537. The number of aliphatic carboxylic acids is 1. The fourth-order valence-electron chi connectivity index (χ4n) is 4.41. The smallest absolute Gasteiger partial charge is 0.407 e. The number of rotatable bonds is 9. The normalized spacial score (nSPS) is 15.8. The lowest BCUT2D eigenvalue weighted by molar-refractivity contribution is -0.138. The largest absolute Gasteiger partial charge is 0.481 e. The number of carboxylic acids is 1. The Balaban J connectivity index is 1.31. The van der Waals surface area contributed by atoms with Crippen LogP contribution < -0.4 is 10.6 Å². The third-order valence-electron chi connectivity index (χ3n) is 6.54. The number of alkyl carbamates (subject to hydrolysis) is 1. The minimum absolute atomic E-state index is 0.0326. The molecule has 0 aromatic heterocycles. The third kappa shape index (κ3) is 5.18. The third-order valence-corrected chi connectivity index (χ3v) is 6.54. The van der Waals surface area contributed by atoms with E-state index in [4.69, 9.17) is 9.84 Å². The summed E-state index contributed by atoms with van der Waals surface area (Å²) in [5, 5.41) is 14.7. The number of carboxylic acid groups (broad SMARTS) is 1. The van der Waals surface area contributed by atoms with Crippen LogP contribution in [0.25, 0.3) is 11.1 Å². The van der Waals surface area contributed by atoms with Crippen molar-refractivity contribution in [2.24, 2.45) is 11.3 Å². The Kier molecular flexibility index (Phi) is 6.40. The fourth-order valence-corrected chi connectivity index (χ4v) is 4.41. The van der Waals surface area contributed by atoms with Gasteiger partial charge in [0, 0.05) is 18.5 Å². The molecule has 0 saturated heterocycles. The summed E-state index contributed by atoms with van der Waals surface area (Å²) < 4.78 is 5.54. The molecular weight excluding hydrogens is 420 g/mol. The van der Waals surface area contributed by atoms with Gasteiger partial charge in [0.05, 0.1) is 11.8 Å². The molecule has 2 amide bonds. The lowest BCUT2D eigenvalue weighted by atomic mass is 9.91. The molecule has 1 atom stereocenters. The van der Waals surface area contributed by atoms with E-state index in [0.29, 0.717) is 0 Å². The molecule has 2 aromatic carbocycles. The van der Waals surface area contributed by atoms with E-state index in [-0.39, 0.29) is 43.4 Å². The summed E-state index contributed by atoms with van der Waals surface area (Å²) in [6.45, 7) is 3.72. The number of fused-ring (bicyclic) bond motifs is 3. The van der Waals surface area contributed by atoms with E-state index >= 15 is 0 Å². The van der Waals surface area contributed by atoms with Crippen molar-refractivity contribution < 1.29 is 24.2 Å². The highest BCUT2D eigenvalue weighted by Gasteiger charge is 2.37. The van der Waals surface area contributed by atoms with E-state index in [1.165, 1.54) is 0 Å². The van der Waals surface area contributed by atoms with Crippen LogP contribution in [0.4, 0.5) is 4.79 Å². The van der Waals surface area contributed by atoms with Gasteiger partial charge in [-0.25, -0.2) is 4.79 Å². The number of ether oxygens (including phenoxy) is 1. The maximum absolute atomic E-state index is 12.7. The van der Waals surface area contributed by atoms with Gasteiger partial charge >= 0.3 is 12.1 Å². The number of hydrogen-bond acceptors (Lipinski definition) is 4. The van der Waals surface area contributed by atoms with E-state index in [0.717, 1.165) is 35.1 Å². The van der Waals surface area contributed by atoms with Crippen molar-refractivity contribution in [2.75, 3.05) is 13.2 Å². The van der Waals surface area contributed by atoms with Crippen molar-refractivity contribution in [3.8, 4) is 11.1 Å². The van der Waals surface area contributed by atoms with Gasteiger partial charge in [-0.3, -0.25) is 9.59 Å². The topological polar surface area (TPSA) is 105 Å². The summed E-state index contributed by atoms with van der Waals surface area (Å²) in [5.41, 5.74) is 3.68. The van der Waals surface area contributed by atoms with Crippen LogP contribution >= 0.6 is 0 Å². The number of hydrogen-bond donors (Lipinski definition) is 3. The van der Waals surface area contributed by atoms with E-state index < -0.39 is 17.5 Å². The summed E-state index contributed by atoms with van der Waals surface area (Å²) >= 11 is 0. The Labute approximate surface area is 193 Å². The number of nitrogens with one attached hydrogen (secondary N) is 2. The van der Waals surface area contributed by atoms with Crippen molar-refractivity contribution in [2.45, 2.75) is 45.1 Å². The van der Waals surface area contributed by atoms with E-state index in [2.05, 4.69) is 34.9 Å². The average Bonchev–Trinajstić information content (AvgIpc) is 3.59. The Morgan fingerprint density at radius 3 is 2.15 bits per heavy atom. The monoisotopic (exact) mass is 450 g/mol. The molecule has 1 unspecified atom stereocenters. The van der Waals surface area contributed by atoms with Crippen molar-refractivity contribution in [1.29, 1.82) is 0 Å². The van der Waals surface area contributed by atoms with E-state index in [9.17, 15) is 14.4 Å². The van der Waals surface area contributed by atoms with E-state index in [1.54, 1.807) is 13.8 Å². The number of carbonyl (C=O) groups is 3. The maximum atomic E-state index is 12.7. The molecule has 1 saturated carbocycles. The second kappa shape index (κ2) is 9.25. The highest BCUT2D eigenvalue weighted by molar-refractivity contribution is 5.84. The first-order valence-corrected chi connectivity index (χ1v) is 11.4. The van der Waals surface area contributed by atoms with Crippen LogP contribution in [0, 0.1) is 11.3 Å². The van der Waals surface area contributed by atoms with Gasteiger partial charge in [-0.15, -0.1) is 0 Å². The van der Waals surface area contributed by atoms with Crippen molar-refractivity contribution in [3.63, 3.8) is 0 Å². The van der Waals surface area contributed by atoms with Crippen LogP contribution in [0.3, 0.4) is 0 Å². The summed E-state index contributed by atoms with van der Waals surface area (Å²) in [6, 6.07) is 15.9. The van der Waals surface area contributed by atoms with Crippen molar-refractivity contribution >= 4 is 18.0 Å². The minimum Gasteiger partial charge on any atom is -0.481 e. The molecule has 3 N–H and O–H groups in total. The van der Waals surface area contributed by atoms with Gasteiger partial charge < -0.3 is 20.5 Å². The molecule has 0 radical (unpaired) electrons. The summed E-state index contributed by atoms with van der Waals surface area (Å²) in [7, 11) is 0. The molecule has 1 fully saturated rings. The number of benzene rings is 2. The molecule has 0 spiro atoms. The van der Waals surface area contributed by atoms with Gasteiger partial charge in [0.15, 0.2) is 0 Å². The lowest BCUT2D eigenvalue weighted by Gasteiger charge is -2.27. The standard InChI is InChI=1S/C26H30N2O5/c1-26(2,24(31)28-22(13-23(29)30)16-11-12-16)15-27-25(32)33-14-21-19-9-5-3-7-17(19)18-8-4-6-10-20(18)21/h3-10,16,21-22H,11-15H2,1-2H3,(H,27,32)(H,28,31)(H,29,30). The molecule has 33 heavy (non-hydrogen) atoms. The lowest BCUT2D eigenvalue weighted by Crippen LogP contribution is -2.49. The summed E-state index contributed by atoms with van der Waals surface area (Å²) in [5.74, 6) is -1.02. The van der Waals surface area contributed by atoms with Crippen LogP contribution in [0.5, 0.6) is 0 Å². The van der Waals surface area contributed by atoms with Crippen LogP contribution in [0.1, 0.15) is 50.2 Å². The first kappa shape index (κ1) is 22.8. The van der Waals surface area contributed by atoms with E-state index in [1.807, 2.05) is 24.3 Å². The molecule has 2 aliphatic carbocycles. The molecule has 0 bridgehead atoms. The van der Waals surface area contributed by atoms with Crippen molar-refractivity contribution in [1.82, 2.24) is 10.6 Å². The predicted octanol–water partition coefficient (Wildman–Crippen LogP) is 3.92. The van der Waals surface area contributed by atoms with Crippen LogP contribution in [-0.4, -0.2) is 42.3 Å².